The Morgan fingerprint density at radius 3 is 2.43 bits per heavy atom. The molecule has 0 spiro atoms. The van der Waals surface area contributed by atoms with E-state index >= 15 is 0 Å². The van der Waals surface area contributed by atoms with Crippen LogP contribution in [0.2, 0.25) is 0 Å². The average molecular weight is 579 g/mol. The molecule has 0 saturated heterocycles. The number of rotatable bonds is 8. The van der Waals surface area contributed by atoms with Crippen LogP contribution in [0.1, 0.15) is 16.7 Å². The summed E-state index contributed by atoms with van der Waals surface area (Å²) in [5, 5.41) is 4.03. The first kappa shape index (κ1) is 22.3. The average Bonchev–Trinajstić information content (AvgIpc) is 2.75. The van der Waals surface area contributed by atoms with Crippen molar-refractivity contribution in [2.45, 2.75) is 13.0 Å². The Labute approximate surface area is 197 Å². The summed E-state index contributed by atoms with van der Waals surface area (Å²) in [5.41, 5.74) is 5.33. The lowest BCUT2D eigenvalue weighted by atomic mass is 10.1. The fourth-order valence-corrected chi connectivity index (χ4v) is 3.26. The van der Waals surface area contributed by atoms with Gasteiger partial charge in [0, 0.05) is 8.04 Å². The number of amides is 1. The Hall–Kier alpha value is -2.39. The molecule has 0 saturated carbocycles. The van der Waals surface area contributed by atoms with Crippen molar-refractivity contribution in [1.29, 1.82) is 0 Å². The van der Waals surface area contributed by atoms with Crippen LogP contribution < -0.4 is 14.9 Å². The van der Waals surface area contributed by atoms with E-state index in [-0.39, 0.29) is 12.3 Å². The van der Waals surface area contributed by atoms with E-state index in [0.29, 0.717) is 18.1 Å². The van der Waals surface area contributed by atoms with E-state index in [0.717, 1.165) is 21.2 Å². The van der Waals surface area contributed by atoms with Gasteiger partial charge in [-0.25, -0.2) is 5.43 Å². The molecule has 0 fully saturated rings. The molecule has 0 aliphatic carbocycles. The topological polar surface area (TPSA) is 59.9 Å². The summed E-state index contributed by atoms with van der Waals surface area (Å²) in [6.07, 6.45) is 1.84. The third kappa shape index (κ3) is 6.84. The molecule has 0 heterocycles. The summed E-state index contributed by atoms with van der Waals surface area (Å²) in [4.78, 5) is 12.0. The van der Waals surface area contributed by atoms with Gasteiger partial charge < -0.3 is 9.47 Å². The molecule has 30 heavy (non-hydrogen) atoms. The van der Waals surface area contributed by atoms with Crippen LogP contribution in [0.5, 0.6) is 11.5 Å². The van der Waals surface area contributed by atoms with Gasteiger partial charge in [-0.3, -0.25) is 4.79 Å². The van der Waals surface area contributed by atoms with Gasteiger partial charge in [0.1, 0.15) is 6.61 Å². The first-order valence-electron chi connectivity index (χ1n) is 9.15. The fourth-order valence-electron chi connectivity index (χ4n) is 2.63. The van der Waals surface area contributed by atoms with Gasteiger partial charge in [0.2, 0.25) is 5.91 Å². The van der Waals surface area contributed by atoms with E-state index in [1.807, 2.05) is 66.7 Å². The molecule has 1 amide bonds. The highest BCUT2D eigenvalue weighted by Crippen LogP contribution is 2.28. The number of nitrogens with zero attached hydrogens (tertiary/aromatic N) is 1. The molecular weight excluding hydrogens is 559 g/mol. The van der Waals surface area contributed by atoms with Crippen molar-refractivity contribution in [2.24, 2.45) is 5.10 Å². The highest BCUT2D eigenvalue weighted by molar-refractivity contribution is 14.1. The molecule has 5 nitrogen and oxygen atoms in total. The van der Waals surface area contributed by atoms with Crippen LogP contribution in [0.15, 0.2) is 76.3 Å². The molecule has 3 aromatic carbocycles. The lowest BCUT2D eigenvalue weighted by Crippen LogP contribution is -2.19. The summed E-state index contributed by atoms with van der Waals surface area (Å²) in [5.74, 6) is 1.07. The van der Waals surface area contributed by atoms with Crippen LogP contribution >= 0.6 is 38.5 Å². The Morgan fingerprint density at radius 2 is 1.73 bits per heavy atom. The minimum atomic E-state index is -0.182. The van der Waals surface area contributed by atoms with Crippen molar-refractivity contribution in [3.8, 4) is 11.5 Å². The maximum Gasteiger partial charge on any atom is 0.244 e. The molecular formula is C23H20BrIN2O3. The minimum absolute atomic E-state index is 0.182. The second-order valence-electron chi connectivity index (χ2n) is 6.42. The number of hydrogen-bond acceptors (Lipinski definition) is 4. The number of hydrogen-bond donors (Lipinski definition) is 1. The van der Waals surface area contributed by atoms with Crippen LogP contribution in [-0.4, -0.2) is 19.2 Å². The van der Waals surface area contributed by atoms with Gasteiger partial charge in [-0.15, -0.1) is 0 Å². The summed E-state index contributed by atoms with van der Waals surface area (Å²) in [7, 11) is 1.59. The third-order valence-electron chi connectivity index (χ3n) is 4.18. The highest BCUT2D eigenvalue weighted by Gasteiger charge is 2.06. The number of carbonyl (C=O) groups is 1. The fraction of sp³-hybridized carbons (Fsp3) is 0.130. The number of benzene rings is 3. The smallest absolute Gasteiger partial charge is 0.244 e. The second kappa shape index (κ2) is 11.1. The van der Waals surface area contributed by atoms with E-state index in [4.69, 9.17) is 9.47 Å². The van der Waals surface area contributed by atoms with Crippen molar-refractivity contribution in [1.82, 2.24) is 5.43 Å². The summed E-state index contributed by atoms with van der Waals surface area (Å²) in [6.45, 7) is 0.451. The number of hydrazone groups is 1. The molecule has 0 radical (unpaired) electrons. The number of ether oxygens (including phenoxy) is 2. The summed E-state index contributed by atoms with van der Waals surface area (Å²) in [6, 6.07) is 21.3. The van der Waals surface area contributed by atoms with Gasteiger partial charge in [0.15, 0.2) is 11.5 Å². The molecule has 3 aromatic rings. The zero-order valence-corrected chi connectivity index (χ0v) is 20.0. The van der Waals surface area contributed by atoms with E-state index in [9.17, 15) is 4.79 Å². The zero-order valence-electron chi connectivity index (χ0n) is 16.3. The molecule has 0 bridgehead atoms. The number of methoxy groups -OCH3 is 1. The zero-order chi connectivity index (χ0) is 21.3. The van der Waals surface area contributed by atoms with Crippen LogP contribution in [0.25, 0.3) is 0 Å². The highest BCUT2D eigenvalue weighted by atomic mass is 127. The molecule has 3 rings (SSSR count). The predicted molar refractivity (Wildman–Crippen MR) is 130 cm³/mol. The first-order chi connectivity index (χ1) is 14.5. The van der Waals surface area contributed by atoms with Gasteiger partial charge in [-0.05, 0) is 81.7 Å². The third-order valence-corrected chi connectivity index (χ3v) is 5.42. The standard InChI is InChI=1S/C23H20BrIN2O3/c1-29-22-12-18(6-11-21(22)30-15-17-4-9-20(25)10-5-17)14-26-27-23(28)13-16-2-7-19(24)8-3-16/h2-12,14H,13,15H2,1H3,(H,27,28)/b26-14+. The largest absolute Gasteiger partial charge is 0.493 e. The molecule has 0 atom stereocenters. The van der Waals surface area contributed by atoms with Gasteiger partial charge in [0.05, 0.1) is 19.7 Å². The molecule has 0 aliphatic heterocycles. The lowest BCUT2D eigenvalue weighted by molar-refractivity contribution is -0.120. The second-order valence-corrected chi connectivity index (χ2v) is 8.58. The molecule has 154 valence electrons. The number of carbonyl (C=O) groups excluding carboxylic acids is 1. The monoisotopic (exact) mass is 578 g/mol. The molecule has 0 aromatic heterocycles. The van der Waals surface area contributed by atoms with Gasteiger partial charge >= 0.3 is 0 Å². The number of halogens is 2. The van der Waals surface area contributed by atoms with Crippen molar-refractivity contribution < 1.29 is 14.3 Å². The maximum absolute atomic E-state index is 12.0. The van der Waals surface area contributed by atoms with Crippen molar-refractivity contribution >= 4 is 50.6 Å². The first-order valence-corrected chi connectivity index (χ1v) is 11.0. The van der Waals surface area contributed by atoms with Crippen LogP contribution in [-0.2, 0) is 17.8 Å². The Balaban J connectivity index is 1.56. The summed E-state index contributed by atoms with van der Waals surface area (Å²) >= 11 is 5.65. The minimum Gasteiger partial charge on any atom is -0.493 e. The molecule has 0 unspecified atom stereocenters. The maximum atomic E-state index is 12.0. The van der Waals surface area contributed by atoms with Crippen molar-refractivity contribution in [3.05, 3.63) is 91.5 Å². The lowest BCUT2D eigenvalue weighted by Gasteiger charge is -2.11. The predicted octanol–water partition coefficient (Wildman–Crippen LogP) is 5.33. The van der Waals surface area contributed by atoms with E-state index < -0.39 is 0 Å². The van der Waals surface area contributed by atoms with Crippen LogP contribution in [0, 0.1) is 3.57 Å². The van der Waals surface area contributed by atoms with Gasteiger partial charge in [-0.2, -0.15) is 5.10 Å². The van der Waals surface area contributed by atoms with Gasteiger partial charge in [-0.1, -0.05) is 40.2 Å². The Kier molecular flexibility index (Phi) is 8.27. The van der Waals surface area contributed by atoms with Crippen LogP contribution in [0.4, 0.5) is 0 Å². The van der Waals surface area contributed by atoms with Crippen molar-refractivity contribution in [3.63, 3.8) is 0 Å². The van der Waals surface area contributed by atoms with Crippen LogP contribution in [0.3, 0.4) is 0 Å². The van der Waals surface area contributed by atoms with Crippen molar-refractivity contribution in [2.75, 3.05) is 7.11 Å². The van der Waals surface area contributed by atoms with E-state index in [2.05, 4.69) is 49.0 Å². The van der Waals surface area contributed by atoms with Gasteiger partial charge in [0.25, 0.3) is 0 Å². The molecule has 0 aliphatic rings. The summed E-state index contributed by atoms with van der Waals surface area (Å²) < 4.78 is 13.5. The quantitative estimate of drug-likeness (QED) is 0.223. The normalized spacial score (nSPS) is 10.8. The van der Waals surface area contributed by atoms with E-state index in [1.165, 1.54) is 3.57 Å². The Bertz CT molecular complexity index is 1020. The Morgan fingerprint density at radius 1 is 1.03 bits per heavy atom. The molecule has 7 heteroatoms. The molecule has 1 N–H and O–H groups in total. The number of nitrogens with one attached hydrogen (secondary N) is 1. The van der Waals surface area contributed by atoms with E-state index in [1.54, 1.807) is 13.3 Å². The SMILES string of the molecule is COc1cc(/C=N/NC(=O)Cc2ccc(Br)cc2)ccc1OCc1ccc(I)cc1.